The summed E-state index contributed by atoms with van der Waals surface area (Å²) < 4.78 is 0. The quantitative estimate of drug-likeness (QED) is 0.628. The molecule has 0 aliphatic carbocycles. The van der Waals surface area contributed by atoms with Gasteiger partial charge in [0.15, 0.2) is 0 Å². The van der Waals surface area contributed by atoms with Gasteiger partial charge in [0.25, 0.3) is 0 Å². The molecule has 2 N–H and O–H groups in total. The molecule has 0 spiro atoms. The number of hydrogen-bond donors (Lipinski definition) is 1. The molecule has 136 valence electrons. The molecule has 0 unspecified atom stereocenters. The third-order valence-corrected chi connectivity index (χ3v) is 14.2. The van der Waals surface area contributed by atoms with Crippen molar-refractivity contribution in [3.8, 4) is 0 Å². The molecule has 1 heterocycles. The molecule has 0 aromatic heterocycles. The van der Waals surface area contributed by atoms with Crippen molar-refractivity contribution >= 4 is 27.5 Å². The summed E-state index contributed by atoms with van der Waals surface area (Å²) in [6, 6.07) is 6.48. The van der Waals surface area contributed by atoms with Crippen molar-refractivity contribution in [3.05, 3.63) is 23.8 Å². The third-order valence-electron chi connectivity index (χ3n) is 4.87. The van der Waals surface area contributed by atoms with E-state index < -0.39 is 16.1 Å². The van der Waals surface area contributed by atoms with Crippen LogP contribution >= 0.6 is 0 Å². The average Bonchev–Trinajstić information content (AvgIpc) is 2.64. The van der Waals surface area contributed by atoms with E-state index in [1.807, 2.05) is 0 Å². The highest BCUT2D eigenvalue weighted by Gasteiger charge is 2.31. The van der Waals surface area contributed by atoms with Gasteiger partial charge in [-0.3, -0.25) is 0 Å². The lowest BCUT2D eigenvalue weighted by Crippen LogP contribution is -2.48. The summed E-state index contributed by atoms with van der Waals surface area (Å²) in [5.41, 5.74) is 10.9. The minimum atomic E-state index is -1.11. The van der Waals surface area contributed by atoms with E-state index in [2.05, 4.69) is 67.7 Å². The van der Waals surface area contributed by atoms with Crippen LogP contribution in [0.2, 0.25) is 38.4 Å². The molecule has 5 heteroatoms. The van der Waals surface area contributed by atoms with Crippen LogP contribution < -0.4 is 10.6 Å². The number of hydrogen-bond acceptors (Lipinski definition) is 3. The maximum absolute atomic E-state index is 5.97. The van der Waals surface area contributed by atoms with Crippen molar-refractivity contribution in [2.24, 2.45) is 0 Å². The molecule has 1 saturated heterocycles. The molecule has 0 amide bonds. The molecule has 1 aliphatic rings. The number of nitrogen functional groups attached to an aromatic ring is 1. The van der Waals surface area contributed by atoms with E-state index in [0.29, 0.717) is 0 Å². The van der Waals surface area contributed by atoms with Crippen LogP contribution in [0.4, 0.5) is 11.4 Å². The van der Waals surface area contributed by atoms with Gasteiger partial charge < -0.3 is 15.5 Å². The van der Waals surface area contributed by atoms with E-state index in [9.17, 15) is 0 Å². The first-order chi connectivity index (χ1) is 11.1. The minimum absolute atomic E-state index is 0.897. The van der Waals surface area contributed by atoms with Crippen LogP contribution in [-0.2, 0) is 0 Å². The van der Waals surface area contributed by atoms with Gasteiger partial charge in [-0.05, 0) is 49.8 Å². The molecule has 1 aromatic rings. The molecule has 0 radical (unpaired) electrons. The lowest BCUT2D eigenvalue weighted by molar-refractivity contribution is 0.335. The Bertz CT molecular complexity index is 552. The van der Waals surface area contributed by atoms with Crippen LogP contribution in [0.5, 0.6) is 0 Å². The number of aryl methyl sites for hydroxylation is 1. The summed E-state index contributed by atoms with van der Waals surface area (Å²) in [5.74, 6) is 0. The fourth-order valence-corrected chi connectivity index (χ4v) is 17.8. The normalized spacial score (nSPS) is 17.8. The first-order valence-electron chi connectivity index (χ1n) is 9.39. The van der Waals surface area contributed by atoms with E-state index in [0.717, 1.165) is 18.8 Å². The van der Waals surface area contributed by atoms with Gasteiger partial charge in [0.2, 0.25) is 0 Å². The lowest BCUT2D eigenvalue weighted by Gasteiger charge is -2.34. The highest BCUT2D eigenvalue weighted by Crippen LogP contribution is 2.24. The Morgan fingerprint density at radius 1 is 1.00 bits per heavy atom. The number of rotatable bonds is 5. The lowest BCUT2D eigenvalue weighted by atomic mass is 10.1. The predicted molar refractivity (Wildman–Crippen MR) is 114 cm³/mol. The van der Waals surface area contributed by atoms with Crippen molar-refractivity contribution in [2.45, 2.75) is 51.7 Å². The molecule has 1 fully saturated rings. The topological polar surface area (TPSA) is 32.5 Å². The summed E-state index contributed by atoms with van der Waals surface area (Å²) in [6.07, 6.45) is 2.63. The maximum Gasteiger partial charge on any atom is 0.0604 e. The van der Waals surface area contributed by atoms with Crippen molar-refractivity contribution in [1.29, 1.82) is 0 Å². The monoisotopic (exact) mass is 363 g/mol. The summed E-state index contributed by atoms with van der Waals surface area (Å²) in [4.78, 5) is 5.29. The summed E-state index contributed by atoms with van der Waals surface area (Å²) in [5, 5.41) is 0. The standard InChI is InChI=1S/C19H37N3Si2/c1-17-14-18(8-9-19(17)20)22-11-7-10-21(12-13-22)15-24(5,6)16-23(2,3)4/h8-9,14H,7,10-13,15-16,20H2,1-6H3. The second-order valence-electron chi connectivity index (χ2n) is 9.56. The fourth-order valence-electron chi connectivity index (χ4n) is 4.34. The van der Waals surface area contributed by atoms with Gasteiger partial charge in [-0.1, -0.05) is 38.4 Å². The van der Waals surface area contributed by atoms with E-state index >= 15 is 0 Å². The Labute approximate surface area is 151 Å². The zero-order valence-corrected chi connectivity index (χ0v) is 18.7. The number of nitrogens with zero attached hydrogens (tertiary/aromatic N) is 2. The second-order valence-corrected chi connectivity index (χ2v) is 20.7. The van der Waals surface area contributed by atoms with Gasteiger partial charge in [0.1, 0.15) is 0 Å². The van der Waals surface area contributed by atoms with Crippen LogP contribution in [0.15, 0.2) is 18.2 Å². The molecule has 1 aliphatic heterocycles. The van der Waals surface area contributed by atoms with Gasteiger partial charge in [-0.25, -0.2) is 0 Å². The van der Waals surface area contributed by atoms with Crippen LogP contribution in [0.3, 0.4) is 0 Å². The summed E-state index contributed by atoms with van der Waals surface area (Å²) in [7, 11) is -2.07. The molecule has 0 saturated carbocycles. The summed E-state index contributed by atoms with van der Waals surface area (Å²) in [6.45, 7) is 19.6. The van der Waals surface area contributed by atoms with Gasteiger partial charge in [0, 0.05) is 39.1 Å². The smallest absolute Gasteiger partial charge is 0.0604 e. The number of nitrogens with two attached hydrogens (primary N) is 1. The Hall–Kier alpha value is -0.786. The molecule has 3 nitrogen and oxygen atoms in total. The third kappa shape index (κ3) is 5.94. The Morgan fingerprint density at radius 3 is 2.33 bits per heavy atom. The number of anilines is 2. The van der Waals surface area contributed by atoms with Crippen LogP contribution in [-0.4, -0.2) is 53.4 Å². The average molecular weight is 364 g/mol. The zero-order chi connectivity index (χ0) is 18.0. The highest BCUT2D eigenvalue weighted by molar-refractivity contribution is 6.94. The Morgan fingerprint density at radius 2 is 1.71 bits per heavy atom. The Kier molecular flexibility index (Phi) is 6.21. The van der Waals surface area contributed by atoms with Crippen molar-refractivity contribution < 1.29 is 0 Å². The van der Waals surface area contributed by atoms with Gasteiger partial charge in [0.05, 0.1) is 8.07 Å². The summed E-state index contributed by atoms with van der Waals surface area (Å²) >= 11 is 0. The van der Waals surface area contributed by atoms with Crippen LogP contribution in [0.25, 0.3) is 0 Å². The SMILES string of the molecule is Cc1cc(N2CCCN(C[Si](C)(C)C[Si](C)(C)C)CC2)ccc1N. The number of benzene rings is 1. The van der Waals surface area contributed by atoms with E-state index in [1.165, 1.54) is 42.6 Å². The highest BCUT2D eigenvalue weighted by atomic mass is 28.4. The van der Waals surface area contributed by atoms with Crippen molar-refractivity contribution in [3.63, 3.8) is 0 Å². The second kappa shape index (κ2) is 7.62. The molecule has 0 bridgehead atoms. The van der Waals surface area contributed by atoms with E-state index in [4.69, 9.17) is 5.73 Å². The molecular weight excluding hydrogens is 326 g/mol. The van der Waals surface area contributed by atoms with E-state index in [1.54, 1.807) is 0 Å². The van der Waals surface area contributed by atoms with Gasteiger partial charge in [-0.2, -0.15) is 0 Å². The maximum atomic E-state index is 5.97. The molecule has 0 atom stereocenters. The van der Waals surface area contributed by atoms with Gasteiger partial charge in [-0.15, -0.1) is 0 Å². The first kappa shape index (κ1) is 19.5. The fraction of sp³-hybridized carbons (Fsp3) is 0.684. The van der Waals surface area contributed by atoms with E-state index in [-0.39, 0.29) is 0 Å². The predicted octanol–water partition coefficient (Wildman–Crippen LogP) is 4.21. The van der Waals surface area contributed by atoms with Crippen molar-refractivity contribution in [1.82, 2.24) is 4.90 Å². The van der Waals surface area contributed by atoms with Crippen LogP contribution in [0, 0.1) is 6.92 Å². The Balaban J connectivity index is 1.96. The first-order valence-corrected chi connectivity index (χ1v) is 16.5. The zero-order valence-electron chi connectivity index (χ0n) is 16.7. The largest absolute Gasteiger partial charge is 0.399 e. The minimum Gasteiger partial charge on any atom is -0.399 e. The van der Waals surface area contributed by atoms with Crippen LogP contribution in [0.1, 0.15) is 12.0 Å². The molecule has 2 rings (SSSR count). The van der Waals surface area contributed by atoms with Gasteiger partial charge >= 0.3 is 0 Å². The molecule has 1 aromatic carbocycles. The molecular formula is C19H37N3Si2. The molecule has 24 heavy (non-hydrogen) atoms. The van der Waals surface area contributed by atoms with Crippen molar-refractivity contribution in [2.75, 3.05) is 43.0 Å².